The van der Waals surface area contributed by atoms with Crippen LogP contribution in [-0.2, 0) is 14.8 Å². The Morgan fingerprint density at radius 3 is 2.39 bits per heavy atom. The van der Waals surface area contributed by atoms with Gasteiger partial charge in [0, 0.05) is 35.8 Å². The molecule has 0 radical (unpaired) electrons. The van der Waals surface area contributed by atoms with Gasteiger partial charge in [-0.1, -0.05) is 11.8 Å². The van der Waals surface area contributed by atoms with E-state index in [0.717, 1.165) is 0 Å². The van der Waals surface area contributed by atoms with Gasteiger partial charge in [0.2, 0.25) is 11.9 Å². The van der Waals surface area contributed by atoms with E-state index < -0.39 is 10.0 Å². The minimum Gasteiger partial charge on any atom is -0.383 e. The van der Waals surface area contributed by atoms with Crippen molar-refractivity contribution in [3.63, 3.8) is 0 Å². The third-order valence-corrected chi connectivity index (χ3v) is 5.97. The van der Waals surface area contributed by atoms with Crippen LogP contribution in [0.1, 0.15) is 12.1 Å². The van der Waals surface area contributed by atoms with Crippen molar-refractivity contribution in [1.82, 2.24) is 19.9 Å². The summed E-state index contributed by atoms with van der Waals surface area (Å²) in [5, 5.41) is 3.10. The summed E-state index contributed by atoms with van der Waals surface area (Å²) in [6, 6.07) is 8.87. The van der Waals surface area contributed by atoms with Crippen LogP contribution in [0.4, 0.5) is 23.3 Å². The SMILES string of the molecule is Cc1ccnc(NS(=O)(=O)c2ccc(NC(=O)CCSc3nc(N)cc(N)n3)cc2)n1. The third kappa shape index (κ3) is 6.52. The summed E-state index contributed by atoms with van der Waals surface area (Å²) in [5.74, 6) is 0.685. The number of benzene rings is 1. The summed E-state index contributed by atoms with van der Waals surface area (Å²) in [4.78, 5) is 28.1. The highest BCUT2D eigenvalue weighted by molar-refractivity contribution is 7.99. The summed E-state index contributed by atoms with van der Waals surface area (Å²) >= 11 is 1.25. The number of amides is 1. The average Bonchev–Trinajstić information content (AvgIpc) is 2.67. The second kappa shape index (κ2) is 9.57. The number of aromatic nitrogens is 4. The standard InChI is InChI=1S/C18H20N8O3S2/c1-11-6-8-21-17(22-11)26-31(28,29)13-4-2-12(3-5-13)23-16(27)7-9-30-18-24-14(19)10-15(20)25-18/h2-6,8,10H,7,9H2,1H3,(H,23,27)(H,21,22,26)(H4,19,20,24,25). The lowest BCUT2D eigenvalue weighted by Crippen LogP contribution is -2.16. The molecule has 2 aromatic heterocycles. The number of nitrogens with two attached hydrogens (primary N) is 2. The van der Waals surface area contributed by atoms with Crippen molar-refractivity contribution in [2.45, 2.75) is 23.4 Å². The van der Waals surface area contributed by atoms with Crippen LogP contribution in [0.15, 0.2) is 52.6 Å². The Morgan fingerprint density at radius 1 is 1.06 bits per heavy atom. The number of hydrogen-bond acceptors (Lipinski definition) is 10. The van der Waals surface area contributed by atoms with Crippen LogP contribution >= 0.6 is 11.8 Å². The fraction of sp³-hybridized carbons (Fsp3) is 0.167. The van der Waals surface area contributed by atoms with Crippen LogP contribution in [0.2, 0.25) is 0 Å². The van der Waals surface area contributed by atoms with Gasteiger partial charge in [-0.3, -0.25) is 4.79 Å². The molecule has 1 aromatic carbocycles. The molecule has 0 aliphatic rings. The molecule has 2 heterocycles. The van der Waals surface area contributed by atoms with E-state index in [4.69, 9.17) is 11.5 Å². The van der Waals surface area contributed by atoms with E-state index in [1.807, 2.05) is 0 Å². The molecule has 0 bridgehead atoms. The maximum absolute atomic E-state index is 12.5. The minimum atomic E-state index is -3.85. The first-order valence-electron chi connectivity index (χ1n) is 8.96. The van der Waals surface area contributed by atoms with E-state index in [1.165, 1.54) is 48.3 Å². The third-order valence-electron chi connectivity index (χ3n) is 3.77. The highest BCUT2D eigenvalue weighted by atomic mass is 32.2. The zero-order chi connectivity index (χ0) is 22.4. The number of sulfonamides is 1. The van der Waals surface area contributed by atoms with Crippen LogP contribution < -0.4 is 21.5 Å². The van der Waals surface area contributed by atoms with Crippen LogP contribution in [0.5, 0.6) is 0 Å². The van der Waals surface area contributed by atoms with Gasteiger partial charge >= 0.3 is 0 Å². The van der Waals surface area contributed by atoms with Crippen molar-refractivity contribution in [3.8, 4) is 0 Å². The second-order valence-corrected chi connectivity index (χ2v) is 9.04. The lowest BCUT2D eigenvalue weighted by molar-refractivity contribution is -0.115. The highest BCUT2D eigenvalue weighted by Gasteiger charge is 2.16. The first-order chi connectivity index (χ1) is 14.7. The Balaban J connectivity index is 1.54. The van der Waals surface area contributed by atoms with E-state index in [-0.39, 0.29) is 34.8 Å². The zero-order valence-electron chi connectivity index (χ0n) is 16.4. The Hall–Kier alpha value is -3.45. The fourth-order valence-corrected chi connectivity index (χ4v) is 4.14. The van der Waals surface area contributed by atoms with Crippen molar-refractivity contribution >= 4 is 51.0 Å². The van der Waals surface area contributed by atoms with Gasteiger partial charge in [0.05, 0.1) is 4.90 Å². The molecule has 31 heavy (non-hydrogen) atoms. The topological polar surface area (TPSA) is 179 Å². The van der Waals surface area contributed by atoms with Crippen molar-refractivity contribution in [2.24, 2.45) is 0 Å². The summed E-state index contributed by atoms with van der Waals surface area (Å²) in [6.45, 7) is 1.73. The van der Waals surface area contributed by atoms with Crippen LogP contribution in [0.25, 0.3) is 0 Å². The van der Waals surface area contributed by atoms with E-state index in [9.17, 15) is 13.2 Å². The van der Waals surface area contributed by atoms with Gasteiger partial charge in [-0.25, -0.2) is 33.1 Å². The van der Waals surface area contributed by atoms with Crippen LogP contribution in [0, 0.1) is 6.92 Å². The fourth-order valence-electron chi connectivity index (χ4n) is 2.38. The van der Waals surface area contributed by atoms with Gasteiger partial charge in [0.25, 0.3) is 10.0 Å². The highest BCUT2D eigenvalue weighted by Crippen LogP contribution is 2.19. The molecule has 11 nitrogen and oxygen atoms in total. The number of aryl methyl sites for hydroxylation is 1. The molecule has 13 heteroatoms. The number of nitrogens with one attached hydrogen (secondary N) is 2. The van der Waals surface area contributed by atoms with E-state index in [1.54, 1.807) is 13.0 Å². The molecule has 0 atom stereocenters. The van der Waals surface area contributed by atoms with Gasteiger partial charge in [0.1, 0.15) is 11.6 Å². The second-order valence-electron chi connectivity index (χ2n) is 6.30. The van der Waals surface area contributed by atoms with Gasteiger partial charge in [-0.15, -0.1) is 0 Å². The molecule has 0 fully saturated rings. The normalized spacial score (nSPS) is 11.1. The summed E-state index contributed by atoms with van der Waals surface area (Å²) in [6.07, 6.45) is 1.65. The van der Waals surface area contributed by atoms with Crippen molar-refractivity contribution < 1.29 is 13.2 Å². The van der Waals surface area contributed by atoms with E-state index >= 15 is 0 Å². The first-order valence-corrected chi connectivity index (χ1v) is 11.4. The summed E-state index contributed by atoms with van der Waals surface area (Å²) in [7, 11) is -3.85. The number of carbonyl (C=O) groups is 1. The number of carbonyl (C=O) groups excluding carboxylic acids is 1. The Labute approximate surface area is 183 Å². The predicted octanol–water partition coefficient (Wildman–Crippen LogP) is 1.66. The van der Waals surface area contributed by atoms with Gasteiger partial charge < -0.3 is 16.8 Å². The van der Waals surface area contributed by atoms with Gasteiger partial charge in [0.15, 0.2) is 5.16 Å². The number of thioether (sulfide) groups is 1. The van der Waals surface area contributed by atoms with E-state index in [2.05, 4.69) is 30.0 Å². The average molecular weight is 461 g/mol. The molecule has 1 amide bonds. The van der Waals surface area contributed by atoms with Crippen molar-refractivity contribution in [1.29, 1.82) is 0 Å². The van der Waals surface area contributed by atoms with Crippen LogP contribution in [0.3, 0.4) is 0 Å². The molecule has 0 saturated heterocycles. The molecule has 0 aliphatic heterocycles. The monoisotopic (exact) mass is 460 g/mol. The lowest BCUT2D eigenvalue weighted by Gasteiger charge is -2.09. The number of hydrogen-bond donors (Lipinski definition) is 4. The molecule has 0 spiro atoms. The Bertz CT molecular complexity index is 1170. The predicted molar refractivity (Wildman–Crippen MR) is 119 cm³/mol. The van der Waals surface area contributed by atoms with Crippen LogP contribution in [-0.4, -0.2) is 40.0 Å². The van der Waals surface area contributed by atoms with E-state index in [0.29, 0.717) is 22.3 Å². The molecule has 3 rings (SSSR count). The molecule has 0 unspecified atom stereocenters. The maximum Gasteiger partial charge on any atom is 0.264 e. The molecule has 0 aliphatic carbocycles. The molecular weight excluding hydrogens is 440 g/mol. The molecule has 6 N–H and O–H groups in total. The molecular formula is C18H20N8O3S2. The molecule has 0 saturated carbocycles. The summed E-state index contributed by atoms with van der Waals surface area (Å²) in [5.41, 5.74) is 12.3. The van der Waals surface area contributed by atoms with Gasteiger partial charge in [-0.2, -0.15) is 0 Å². The first kappa shape index (κ1) is 22.2. The summed E-state index contributed by atoms with van der Waals surface area (Å²) < 4.78 is 27.2. The van der Waals surface area contributed by atoms with Crippen molar-refractivity contribution in [2.75, 3.05) is 27.3 Å². The molecule has 162 valence electrons. The van der Waals surface area contributed by atoms with Gasteiger partial charge in [-0.05, 0) is 37.3 Å². The number of anilines is 4. The number of rotatable bonds is 8. The maximum atomic E-state index is 12.5. The largest absolute Gasteiger partial charge is 0.383 e. The quantitative estimate of drug-likeness (QED) is 0.285. The van der Waals surface area contributed by atoms with Crippen molar-refractivity contribution in [3.05, 3.63) is 48.3 Å². The lowest BCUT2D eigenvalue weighted by atomic mass is 10.3. The minimum absolute atomic E-state index is 0.0132. The zero-order valence-corrected chi connectivity index (χ0v) is 18.1. The Kier molecular flexibility index (Phi) is 6.87. The number of nitrogen functional groups attached to an aromatic ring is 2. The molecule has 3 aromatic rings. The Morgan fingerprint density at radius 2 is 1.74 bits per heavy atom. The smallest absolute Gasteiger partial charge is 0.264 e. The number of nitrogens with zero attached hydrogens (tertiary/aromatic N) is 4.